The van der Waals surface area contributed by atoms with E-state index in [0.717, 1.165) is 0 Å². The monoisotopic (exact) mass is 182 g/mol. The summed E-state index contributed by atoms with van der Waals surface area (Å²) in [6, 6.07) is 0. The first-order valence-electron chi connectivity index (χ1n) is 4.15. The number of aliphatic hydroxyl groups is 1. The van der Waals surface area contributed by atoms with Crippen molar-refractivity contribution in [1.82, 2.24) is 5.32 Å². The quantitative estimate of drug-likeness (QED) is 0.394. The van der Waals surface area contributed by atoms with Crippen LogP contribution in [0.4, 0.5) is 0 Å². The van der Waals surface area contributed by atoms with Crippen molar-refractivity contribution in [2.45, 2.75) is 27.0 Å². The molecule has 0 saturated carbocycles. The molecular formula is C10H18N2O. The summed E-state index contributed by atoms with van der Waals surface area (Å²) in [6.45, 7) is 12.7. The van der Waals surface area contributed by atoms with Crippen LogP contribution in [0, 0.1) is 5.41 Å². The second-order valence-electron chi connectivity index (χ2n) is 3.88. The molecule has 0 aliphatic rings. The first-order chi connectivity index (χ1) is 5.91. The van der Waals surface area contributed by atoms with E-state index in [-0.39, 0.29) is 5.41 Å². The van der Waals surface area contributed by atoms with Crippen LogP contribution in [0.5, 0.6) is 0 Å². The molecule has 0 fully saturated rings. The van der Waals surface area contributed by atoms with Gasteiger partial charge in [0.1, 0.15) is 6.23 Å². The molecule has 0 bridgehead atoms. The number of hydrogen-bond acceptors (Lipinski definition) is 3. The summed E-state index contributed by atoms with van der Waals surface area (Å²) in [5.74, 6) is 0. The molecule has 1 unspecified atom stereocenters. The zero-order valence-corrected chi connectivity index (χ0v) is 8.54. The van der Waals surface area contributed by atoms with Crippen LogP contribution >= 0.6 is 0 Å². The van der Waals surface area contributed by atoms with Crippen LogP contribution in [0.15, 0.2) is 29.5 Å². The fourth-order valence-corrected chi connectivity index (χ4v) is 0.622. The summed E-state index contributed by atoms with van der Waals surface area (Å²) < 4.78 is 0. The van der Waals surface area contributed by atoms with Gasteiger partial charge in [0.05, 0.1) is 5.70 Å². The number of nitrogens with zero attached hydrogens (tertiary/aromatic N) is 1. The summed E-state index contributed by atoms with van der Waals surface area (Å²) in [4.78, 5) is 3.59. The Hall–Kier alpha value is -1.09. The van der Waals surface area contributed by atoms with Crippen molar-refractivity contribution in [3.8, 4) is 0 Å². The highest BCUT2D eigenvalue weighted by Crippen LogP contribution is 2.17. The second-order valence-corrected chi connectivity index (χ2v) is 3.88. The van der Waals surface area contributed by atoms with Crippen LogP contribution in [0.3, 0.4) is 0 Å². The van der Waals surface area contributed by atoms with Gasteiger partial charge >= 0.3 is 0 Å². The van der Waals surface area contributed by atoms with Gasteiger partial charge in [-0.3, -0.25) is 4.99 Å². The molecule has 13 heavy (non-hydrogen) atoms. The van der Waals surface area contributed by atoms with E-state index in [1.54, 1.807) is 6.08 Å². The van der Waals surface area contributed by atoms with Crippen molar-refractivity contribution in [2.24, 2.45) is 10.4 Å². The zero-order chi connectivity index (χ0) is 10.5. The van der Waals surface area contributed by atoms with Gasteiger partial charge in [0, 0.05) is 11.6 Å². The third-order valence-corrected chi connectivity index (χ3v) is 1.57. The van der Waals surface area contributed by atoms with E-state index in [9.17, 15) is 5.11 Å². The second kappa shape index (κ2) is 4.82. The lowest BCUT2D eigenvalue weighted by Gasteiger charge is -2.27. The van der Waals surface area contributed by atoms with Crippen LogP contribution in [0.25, 0.3) is 0 Å². The maximum Gasteiger partial charge on any atom is 0.129 e. The first-order valence-corrected chi connectivity index (χ1v) is 4.15. The van der Waals surface area contributed by atoms with Crippen molar-refractivity contribution in [3.63, 3.8) is 0 Å². The molecule has 0 aromatic carbocycles. The predicted octanol–water partition coefficient (Wildman–Crippen LogP) is 1.67. The van der Waals surface area contributed by atoms with E-state index in [1.807, 2.05) is 20.8 Å². The largest absolute Gasteiger partial charge is 0.373 e. The molecule has 3 nitrogen and oxygen atoms in total. The van der Waals surface area contributed by atoms with Gasteiger partial charge in [-0.15, -0.1) is 0 Å². The van der Waals surface area contributed by atoms with Crippen LogP contribution in [0.1, 0.15) is 20.8 Å². The molecule has 0 rings (SSSR count). The molecule has 0 aromatic rings. The minimum absolute atomic E-state index is 0.219. The molecule has 0 saturated heterocycles. The Morgan fingerprint density at radius 2 is 2.08 bits per heavy atom. The van der Waals surface area contributed by atoms with Crippen molar-refractivity contribution in [2.75, 3.05) is 0 Å². The number of allylic oxidation sites excluding steroid dienone is 1. The maximum absolute atomic E-state index is 9.65. The third-order valence-electron chi connectivity index (χ3n) is 1.57. The minimum Gasteiger partial charge on any atom is -0.373 e. The van der Waals surface area contributed by atoms with Gasteiger partial charge in [0.2, 0.25) is 0 Å². The van der Waals surface area contributed by atoms with Gasteiger partial charge in [-0.25, -0.2) is 0 Å². The minimum atomic E-state index is -0.626. The molecule has 1 atom stereocenters. The Kier molecular flexibility index (Phi) is 4.42. The summed E-state index contributed by atoms with van der Waals surface area (Å²) in [5.41, 5.74) is 0.445. The average molecular weight is 182 g/mol. The highest BCUT2D eigenvalue weighted by molar-refractivity contribution is 5.28. The topological polar surface area (TPSA) is 44.6 Å². The van der Waals surface area contributed by atoms with Crippen molar-refractivity contribution in [3.05, 3.63) is 24.6 Å². The fourth-order valence-electron chi connectivity index (χ4n) is 0.622. The van der Waals surface area contributed by atoms with E-state index in [4.69, 9.17) is 0 Å². The summed E-state index contributed by atoms with van der Waals surface area (Å²) >= 11 is 0. The molecule has 0 amide bonds. The van der Waals surface area contributed by atoms with Gasteiger partial charge in [-0.05, 0) is 12.8 Å². The number of nitrogens with one attached hydrogen (secondary N) is 1. The van der Waals surface area contributed by atoms with Crippen LogP contribution in [0.2, 0.25) is 0 Å². The third kappa shape index (κ3) is 4.48. The lowest BCUT2D eigenvalue weighted by Crippen LogP contribution is -2.39. The molecule has 2 N–H and O–H groups in total. The number of rotatable bonds is 4. The average Bonchev–Trinajstić information content (AvgIpc) is 2.01. The Morgan fingerprint density at radius 1 is 1.54 bits per heavy atom. The Labute approximate surface area is 79.9 Å². The van der Waals surface area contributed by atoms with E-state index in [1.165, 1.54) is 6.20 Å². The van der Waals surface area contributed by atoms with Gasteiger partial charge in [-0.1, -0.05) is 27.4 Å². The van der Waals surface area contributed by atoms with Gasteiger partial charge in [0.15, 0.2) is 0 Å². The van der Waals surface area contributed by atoms with Crippen LogP contribution in [-0.4, -0.2) is 18.1 Å². The standard InChI is InChI=1S/C10H18N2O/c1-6-8(7-11-5)12-9(13)10(2,3)4/h6-7,9,12-13H,1,5H2,2-4H3/b8-7+. The summed E-state index contributed by atoms with van der Waals surface area (Å²) in [6.07, 6.45) is 2.48. The normalized spacial score (nSPS) is 14.9. The molecule has 3 heteroatoms. The van der Waals surface area contributed by atoms with Gasteiger partial charge in [-0.2, -0.15) is 0 Å². The lowest BCUT2D eigenvalue weighted by molar-refractivity contribution is 0.0430. The van der Waals surface area contributed by atoms with E-state index in [2.05, 4.69) is 23.6 Å². The van der Waals surface area contributed by atoms with Crippen molar-refractivity contribution in [1.29, 1.82) is 0 Å². The van der Waals surface area contributed by atoms with E-state index >= 15 is 0 Å². The molecule has 0 radical (unpaired) electrons. The molecular weight excluding hydrogens is 164 g/mol. The number of aliphatic hydroxyl groups excluding tert-OH is 1. The fraction of sp³-hybridized carbons (Fsp3) is 0.500. The SMILES string of the molecule is C=C/C(=C\N=C)NC(O)C(C)(C)C. The first kappa shape index (κ1) is 11.9. The summed E-state index contributed by atoms with van der Waals surface area (Å²) in [7, 11) is 0. The Balaban J connectivity index is 4.33. The Morgan fingerprint density at radius 3 is 2.38 bits per heavy atom. The van der Waals surface area contributed by atoms with Gasteiger partial charge < -0.3 is 10.4 Å². The molecule has 0 aromatic heterocycles. The highest BCUT2D eigenvalue weighted by atomic mass is 16.3. The number of hydrogen-bond donors (Lipinski definition) is 2. The molecule has 0 heterocycles. The van der Waals surface area contributed by atoms with E-state index < -0.39 is 6.23 Å². The summed E-state index contributed by atoms with van der Waals surface area (Å²) in [5, 5.41) is 12.5. The Bertz CT molecular complexity index is 213. The molecule has 0 aliphatic carbocycles. The van der Waals surface area contributed by atoms with Crippen molar-refractivity contribution < 1.29 is 5.11 Å². The smallest absolute Gasteiger partial charge is 0.129 e. The van der Waals surface area contributed by atoms with E-state index in [0.29, 0.717) is 5.70 Å². The highest BCUT2D eigenvalue weighted by Gasteiger charge is 2.21. The molecule has 74 valence electrons. The van der Waals surface area contributed by atoms with Crippen LogP contribution < -0.4 is 5.32 Å². The number of aliphatic imine (C=N–C) groups is 1. The van der Waals surface area contributed by atoms with Gasteiger partial charge in [0.25, 0.3) is 0 Å². The molecule has 0 spiro atoms. The zero-order valence-electron chi connectivity index (χ0n) is 8.54. The predicted molar refractivity (Wildman–Crippen MR) is 56.4 cm³/mol. The lowest BCUT2D eigenvalue weighted by atomic mass is 9.94. The maximum atomic E-state index is 9.65. The van der Waals surface area contributed by atoms with Crippen molar-refractivity contribution >= 4 is 6.72 Å². The molecule has 0 aliphatic heterocycles. The van der Waals surface area contributed by atoms with Crippen LogP contribution in [-0.2, 0) is 0 Å².